The monoisotopic (exact) mass is 398 g/mol. The lowest BCUT2D eigenvalue weighted by atomic mass is 10.2. The van der Waals surface area contributed by atoms with Crippen LogP contribution in [0, 0.1) is 0 Å². The van der Waals surface area contributed by atoms with Gasteiger partial charge in [-0.15, -0.1) is 0 Å². The number of benzene rings is 1. The molecule has 3 heterocycles. The third kappa shape index (κ3) is 3.88. The van der Waals surface area contributed by atoms with E-state index >= 15 is 0 Å². The van der Waals surface area contributed by atoms with Crippen molar-refractivity contribution in [3.05, 3.63) is 65.2 Å². The molecule has 0 radical (unpaired) electrons. The zero-order valence-corrected chi connectivity index (χ0v) is 15.4. The van der Waals surface area contributed by atoms with E-state index in [2.05, 4.69) is 65.1 Å². The third-order valence-corrected chi connectivity index (χ3v) is 4.92. The zero-order valence-electron chi connectivity index (χ0n) is 13.8. The third-order valence-electron chi connectivity index (χ3n) is 4.39. The first-order chi connectivity index (χ1) is 12.3. The van der Waals surface area contributed by atoms with E-state index < -0.39 is 0 Å². The van der Waals surface area contributed by atoms with Crippen LogP contribution in [0.4, 0.5) is 5.82 Å². The van der Waals surface area contributed by atoms with Gasteiger partial charge < -0.3 is 4.90 Å². The minimum atomic E-state index is 0.798. The van der Waals surface area contributed by atoms with E-state index in [0.29, 0.717) is 0 Å². The highest BCUT2D eigenvalue weighted by Gasteiger charge is 2.18. The molecule has 25 heavy (non-hydrogen) atoms. The predicted octanol–water partition coefficient (Wildman–Crippen LogP) is 2.75. The minimum Gasteiger partial charge on any atom is -0.354 e. The van der Waals surface area contributed by atoms with Gasteiger partial charge in [-0.1, -0.05) is 28.1 Å². The van der Waals surface area contributed by atoms with E-state index in [1.165, 1.54) is 5.56 Å². The Bertz CT molecular complexity index is 810. The van der Waals surface area contributed by atoms with Gasteiger partial charge in [-0.3, -0.25) is 4.90 Å². The van der Waals surface area contributed by atoms with Crippen LogP contribution in [0.1, 0.15) is 5.56 Å². The highest BCUT2D eigenvalue weighted by molar-refractivity contribution is 9.10. The highest BCUT2D eigenvalue weighted by atomic mass is 79.9. The first-order valence-electron chi connectivity index (χ1n) is 8.32. The van der Waals surface area contributed by atoms with Gasteiger partial charge in [0.1, 0.15) is 12.1 Å². The number of hydrogen-bond acceptors (Lipinski definition) is 5. The molecule has 0 atom stereocenters. The average molecular weight is 399 g/mol. The fourth-order valence-corrected chi connectivity index (χ4v) is 3.29. The predicted molar refractivity (Wildman–Crippen MR) is 101 cm³/mol. The molecular weight excluding hydrogens is 380 g/mol. The van der Waals surface area contributed by atoms with Gasteiger partial charge in [0.15, 0.2) is 5.82 Å². The molecule has 3 aromatic rings. The molecular formula is C18H19BrN6. The van der Waals surface area contributed by atoms with E-state index in [0.717, 1.165) is 48.8 Å². The van der Waals surface area contributed by atoms with Crippen molar-refractivity contribution >= 4 is 21.7 Å². The summed E-state index contributed by atoms with van der Waals surface area (Å²) in [6, 6.07) is 12.4. The summed E-state index contributed by atoms with van der Waals surface area (Å²) in [6.07, 6.45) is 5.26. The summed E-state index contributed by atoms with van der Waals surface area (Å²) in [7, 11) is 0. The molecule has 1 saturated heterocycles. The van der Waals surface area contributed by atoms with Crippen LogP contribution in [0.5, 0.6) is 0 Å². The topological polar surface area (TPSA) is 50.1 Å². The Morgan fingerprint density at radius 1 is 0.960 bits per heavy atom. The van der Waals surface area contributed by atoms with E-state index in [1.54, 1.807) is 17.2 Å². The Labute approximate surface area is 155 Å². The molecule has 0 aliphatic carbocycles. The van der Waals surface area contributed by atoms with Crippen LogP contribution in [-0.4, -0.2) is 50.8 Å². The van der Waals surface area contributed by atoms with Gasteiger partial charge in [-0.25, -0.2) is 14.6 Å². The van der Waals surface area contributed by atoms with Gasteiger partial charge in [0, 0.05) is 55.7 Å². The van der Waals surface area contributed by atoms with Gasteiger partial charge in [0.05, 0.1) is 0 Å². The second kappa shape index (κ2) is 7.33. The van der Waals surface area contributed by atoms with Gasteiger partial charge in [-0.05, 0) is 23.8 Å². The summed E-state index contributed by atoms with van der Waals surface area (Å²) in [5.74, 6) is 1.76. The molecule has 0 N–H and O–H groups in total. The first kappa shape index (κ1) is 16.2. The second-order valence-corrected chi connectivity index (χ2v) is 6.99. The second-order valence-electron chi connectivity index (χ2n) is 6.07. The minimum absolute atomic E-state index is 0.798. The summed E-state index contributed by atoms with van der Waals surface area (Å²) in [6.45, 7) is 4.97. The molecule has 1 aliphatic rings. The normalized spacial score (nSPS) is 15.5. The molecule has 1 aliphatic heterocycles. The summed E-state index contributed by atoms with van der Waals surface area (Å²) >= 11 is 3.49. The molecule has 128 valence electrons. The maximum absolute atomic E-state index is 4.44. The molecule has 4 rings (SSSR count). The Balaban J connectivity index is 1.38. The highest BCUT2D eigenvalue weighted by Crippen LogP contribution is 2.17. The standard InChI is InChI=1S/C18H19BrN6/c19-16-4-2-15(3-5-16)13-23-8-10-24(11-9-23)17-12-18(21-14-20-17)25-7-1-6-22-25/h1-7,12,14H,8-11,13H2. The van der Waals surface area contributed by atoms with Crippen LogP contribution in [-0.2, 0) is 6.54 Å². The van der Waals surface area contributed by atoms with Crippen LogP contribution in [0.3, 0.4) is 0 Å². The van der Waals surface area contributed by atoms with Crippen molar-refractivity contribution in [2.45, 2.75) is 6.54 Å². The molecule has 0 saturated carbocycles. The van der Waals surface area contributed by atoms with Gasteiger partial charge >= 0.3 is 0 Å². The molecule has 6 nitrogen and oxygen atoms in total. The van der Waals surface area contributed by atoms with Crippen molar-refractivity contribution in [1.82, 2.24) is 24.6 Å². The van der Waals surface area contributed by atoms with E-state index in [9.17, 15) is 0 Å². The van der Waals surface area contributed by atoms with E-state index in [-0.39, 0.29) is 0 Å². The molecule has 2 aromatic heterocycles. The number of hydrogen-bond donors (Lipinski definition) is 0. The number of anilines is 1. The van der Waals surface area contributed by atoms with Crippen LogP contribution in [0.25, 0.3) is 5.82 Å². The van der Waals surface area contributed by atoms with Crippen molar-refractivity contribution < 1.29 is 0 Å². The number of nitrogens with zero attached hydrogens (tertiary/aromatic N) is 6. The SMILES string of the molecule is Brc1ccc(CN2CCN(c3cc(-n4cccn4)ncn3)CC2)cc1. The van der Waals surface area contributed by atoms with Crippen molar-refractivity contribution in [2.75, 3.05) is 31.1 Å². The van der Waals surface area contributed by atoms with Crippen LogP contribution in [0.15, 0.2) is 59.6 Å². The lowest BCUT2D eigenvalue weighted by molar-refractivity contribution is 0.249. The summed E-state index contributed by atoms with van der Waals surface area (Å²) < 4.78 is 2.88. The summed E-state index contributed by atoms with van der Waals surface area (Å²) in [5.41, 5.74) is 1.35. The summed E-state index contributed by atoms with van der Waals surface area (Å²) in [5, 5.41) is 4.23. The summed E-state index contributed by atoms with van der Waals surface area (Å²) in [4.78, 5) is 13.5. The molecule has 1 fully saturated rings. The maximum atomic E-state index is 4.44. The maximum Gasteiger partial charge on any atom is 0.158 e. The number of aromatic nitrogens is 4. The number of piperazine rings is 1. The Morgan fingerprint density at radius 2 is 1.72 bits per heavy atom. The molecule has 1 aromatic carbocycles. The van der Waals surface area contributed by atoms with Crippen molar-refractivity contribution in [1.29, 1.82) is 0 Å². The lowest BCUT2D eigenvalue weighted by Crippen LogP contribution is -2.46. The van der Waals surface area contributed by atoms with Crippen molar-refractivity contribution in [2.24, 2.45) is 0 Å². The largest absolute Gasteiger partial charge is 0.354 e. The molecule has 0 bridgehead atoms. The fraction of sp³-hybridized carbons (Fsp3) is 0.278. The Hall–Kier alpha value is -2.25. The Kier molecular flexibility index (Phi) is 4.76. The van der Waals surface area contributed by atoms with E-state index in [1.807, 2.05) is 18.3 Å². The van der Waals surface area contributed by atoms with Gasteiger partial charge in [-0.2, -0.15) is 5.10 Å². The fourth-order valence-electron chi connectivity index (χ4n) is 3.02. The van der Waals surface area contributed by atoms with Crippen LogP contribution in [0.2, 0.25) is 0 Å². The van der Waals surface area contributed by atoms with Gasteiger partial charge in [0.2, 0.25) is 0 Å². The molecule has 7 heteroatoms. The van der Waals surface area contributed by atoms with Gasteiger partial charge in [0.25, 0.3) is 0 Å². The lowest BCUT2D eigenvalue weighted by Gasteiger charge is -2.35. The average Bonchev–Trinajstić information content (AvgIpc) is 3.19. The van der Waals surface area contributed by atoms with E-state index in [4.69, 9.17) is 0 Å². The van der Waals surface area contributed by atoms with Crippen LogP contribution < -0.4 is 4.90 Å². The molecule has 0 unspecified atom stereocenters. The smallest absolute Gasteiger partial charge is 0.158 e. The number of rotatable bonds is 4. The van der Waals surface area contributed by atoms with Crippen molar-refractivity contribution in [3.63, 3.8) is 0 Å². The molecule has 0 spiro atoms. The van der Waals surface area contributed by atoms with Crippen molar-refractivity contribution in [3.8, 4) is 5.82 Å². The first-order valence-corrected chi connectivity index (χ1v) is 9.11. The Morgan fingerprint density at radius 3 is 2.44 bits per heavy atom. The van der Waals surface area contributed by atoms with Crippen LogP contribution >= 0.6 is 15.9 Å². The number of halogens is 1. The molecule has 0 amide bonds. The zero-order chi connectivity index (χ0) is 17.1. The quantitative estimate of drug-likeness (QED) is 0.676.